The number of aromatic nitrogens is 1. The number of rotatable bonds is 5. The number of amides is 1. The summed E-state index contributed by atoms with van der Waals surface area (Å²) in [7, 11) is 1.60. The number of piperazine rings is 1. The van der Waals surface area contributed by atoms with Crippen LogP contribution in [0.15, 0.2) is 72.9 Å². The molecule has 2 aromatic carbocycles. The number of ether oxygens (including phenoxy) is 1. The average molecular weight is 388 g/mol. The van der Waals surface area contributed by atoms with Crippen molar-refractivity contribution in [1.29, 1.82) is 0 Å². The van der Waals surface area contributed by atoms with Gasteiger partial charge in [0, 0.05) is 43.6 Å². The normalized spacial score (nSPS) is 13.8. The minimum Gasteiger partial charge on any atom is -0.497 e. The Hall–Kier alpha value is -3.54. The third-order valence-electron chi connectivity index (χ3n) is 5.07. The highest BCUT2D eigenvalue weighted by molar-refractivity contribution is 6.03. The molecule has 4 rings (SSSR count). The molecule has 1 N–H and O–H groups in total. The number of anilines is 3. The number of para-hydroxylation sites is 1. The van der Waals surface area contributed by atoms with E-state index in [1.54, 1.807) is 25.4 Å². The molecule has 6 heteroatoms. The van der Waals surface area contributed by atoms with E-state index in [9.17, 15) is 4.79 Å². The summed E-state index contributed by atoms with van der Waals surface area (Å²) in [5.74, 6) is 0.458. The summed E-state index contributed by atoms with van der Waals surface area (Å²) >= 11 is 0. The lowest BCUT2D eigenvalue weighted by Crippen LogP contribution is -2.46. The highest BCUT2D eigenvalue weighted by atomic mass is 16.5. The van der Waals surface area contributed by atoms with E-state index in [1.807, 2.05) is 30.3 Å². The van der Waals surface area contributed by atoms with Crippen LogP contribution in [0.5, 0.6) is 5.75 Å². The van der Waals surface area contributed by atoms with Gasteiger partial charge in [-0.2, -0.15) is 0 Å². The Morgan fingerprint density at radius 2 is 1.62 bits per heavy atom. The van der Waals surface area contributed by atoms with Crippen molar-refractivity contribution < 1.29 is 9.53 Å². The van der Waals surface area contributed by atoms with Gasteiger partial charge in [0.1, 0.15) is 11.4 Å². The fourth-order valence-electron chi connectivity index (χ4n) is 3.47. The van der Waals surface area contributed by atoms with Gasteiger partial charge in [0.2, 0.25) is 0 Å². The van der Waals surface area contributed by atoms with Crippen molar-refractivity contribution in [2.24, 2.45) is 0 Å². The number of carbonyl (C=O) groups excluding carboxylic acids is 1. The van der Waals surface area contributed by atoms with Gasteiger partial charge in [0.05, 0.1) is 19.0 Å². The smallest absolute Gasteiger partial charge is 0.274 e. The Kier molecular flexibility index (Phi) is 5.61. The second kappa shape index (κ2) is 8.65. The molecule has 1 fully saturated rings. The number of nitrogens with zero attached hydrogens (tertiary/aromatic N) is 3. The largest absolute Gasteiger partial charge is 0.497 e. The maximum Gasteiger partial charge on any atom is 0.274 e. The molecule has 148 valence electrons. The number of methoxy groups -OCH3 is 1. The van der Waals surface area contributed by atoms with E-state index in [0.29, 0.717) is 17.1 Å². The van der Waals surface area contributed by atoms with Crippen molar-refractivity contribution in [3.05, 3.63) is 78.6 Å². The minimum absolute atomic E-state index is 0.237. The molecule has 1 aromatic heterocycles. The summed E-state index contributed by atoms with van der Waals surface area (Å²) in [6.07, 6.45) is 1.78. The number of benzene rings is 2. The van der Waals surface area contributed by atoms with E-state index < -0.39 is 0 Å². The predicted octanol–water partition coefficient (Wildman–Crippen LogP) is 3.67. The molecule has 6 nitrogen and oxygen atoms in total. The van der Waals surface area contributed by atoms with Crippen molar-refractivity contribution in [3.63, 3.8) is 0 Å². The number of nitrogens with one attached hydrogen (secondary N) is 1. The van der Waals surface area contributed by atoms with Crippen LogP contribution >= 0.6 is 0 Å². The summed E-state index contributed by atoms with van der Waals surface area (Å²) in [6.45, 7) is 3.77. The first-order chi connectivity index (χ1) is 14.2. The van der Waals surface area contributed by atoms with Crippen LogP contribution in [0.1, 0.15) is 10.5 Å². The van der Waals surface area contributed by atoms with E-state index in [-0.39, 0.29) is 5.91 Å². The topological polar surface area (TPSA) is 57.7 Å². The molecule has 3 aromatic rings. The van der Waals surface area contributed by atoms with Gasteiger partial charge in [0.15, 0.2) is 0 Å². The Morgan fingerprint density at radius 3 is 2.28 bits per heavy atom. The van der Waals surface area contributed by atoms with E-state index in [2.05, 4.69) is 44.4 Å². The summed E-state index contributed by atoms with van der Waals surface area (Å²) in [6, 6.07) is 21.5. The van der Waals surface area contributed by atoms with Gasteiger partial charge < -0.3 is 19.9 Å². The van der Waals surface area contributed by atoms with E-state index in [4.69, 9.17) is 4.74 Å². The summed E-state index contributed by atoms with van der Waals surface area (Å²) < 4.78 is 5.18. The van der Waals surface area contributed by atoms with Gasteiger partial charge in [0.25, 0.3) is 5.91 Å². The van der Waals surface area contributed by atoms with Crippen molar-refractivity contribution in [1.82, 2.24) is 4.98 Å². The Balaban J connectivity index is 1.36. The van der Waals surface area contributed by atoms with Gasteiger partial charge in [-0.25, -0.2) is 4.98 Å². The quantitative estimate of drug-likeness (QED) is 0.723. The van der Waals surface area contributed by atoms with Gasteiger partial charge in [-0.1, -0.05) is 24.3 Å². The first-order valence-corrected chi connectivity index (χ1v) is 9.69. The molecule has 0 radical (unpaired) electrons. The van der Waals surface area contributed by atoms with Crippen molar-refractivity contribution in [2.45, 2.75) is 0 Å². The number of hydrogen-bond donors (Lipinski definition) is 1. The van der Waals surface area contributed by atoms with E-state index in [0.717, 1.165) is 31.9 Å². The van der Waals surface area contributed by atoms with Gasteiger partial charge in [-0.3, -0.25) is 4.79 Å². The molecular weight excluding hydrogens is 364 g/mol. The van der Waals surface area contributed by atoms with Gasteiger partial charge in [-0.15, -0.1) is 0 Å². The lowest BCUT2D eigenvalue weighted by Gasteiger charge is -2.37. The van der Waals surface area contributed by atoms with Crippen LogP contribution in [-0.4, -0.2) is 44.2 Å². The van der Waals surface area contributed by atoms with Crippen molar-refractivity contribution in [2.75, 3.05) is 48.4 Å². The zero-order valence-corrected chi connectivity index (χ0v) is 16.4. The highest BCUT2D eigenvalue weighted by Gasteiger charge is 2.18. The highest BCUT2D eigenvalue weighted by Crippen LogP contribution is 2.21. The van der Waals surface area contributed by atoms with Crippen LogP contribution in [0, 0.1) is 0 Å². The van der Waals surface area contributed by atoms with Gasteiger partial charge in [-0.05, 0) is 36.4 Å². The number of pyridine rings is 1. The third kappa shape index (κ3) is 4.48. The van der Waals surface area contributed by atoms with Crippen molar-refractivity contribution >= 4 is 23.0 Å². The molecule has 0 spiro atoms. The minimum atomic E-state index is -0.237. The molecule has 2 heterocycles. The lowest BCUT2D eigenvalue weighted by molar-refractivity contribution is 0.102. The maximum absolute atomic E-state index is 12.5. The van der Waals surface area contributed by atoms with E-state index >= 15 is 0 Å². The maximum atomic E-state index is 12.5. The second-order valence-corrected chi connectivity index (χ2v) is 6.90. The van der Waals surface area contributed by atoms with Crippen molar-refractivity contribution in [3.8, 4) is 5.75 Å². The van der Waals surface area contributed by atoms with E-state index in [1.165, 1.54) is 5.69 Å². The lowest BCUT2D eigenvalue weighted by atomic mass is 10.2. The van der Waals surface area contributed by atoms with Crippen LogP contribution in [0.4, 0.5) is 17.1 Å². The van der Waals surface area contributed by atoms with Crippen LogP contribution < -0.4 is 19.9 Å². The van der Waals surface area contributed by atoms with Gasteiger partial charge >= 0.3 is 0 Å². The molecule has 0 atom stereocenters. The average Bonchev–Trinajstić information content (AvgIpc) is 2.80. The molecule has 0 unspecified atom stereocenters. The molecule has 1 aliphatic rings. The van der Waals surface area contributed by atoms with Crippen LogP contribution in [0.25, 0.3) is 0 Å². The molecule has 1 aliphatic heterocycles. The Bertz CT molecular complexity index is 952. The zero-order valence-electron chi connectivity index (χ0n) is 16.4. The Morgan fingerprint density at radius 1 is 0.897 bits per heavy atom. The molecule has 0 bridgehead atoms. The standard InChI is InChI=1S/C23H24N4O2/c1-29-21-9-5-6-18(16-21)25-23(28)22-11-10-20(17-24-22)27-14-12-26(13-15-27)19-7-3-2-4-8-19/h2-11,16-17H,12-15H2,1H3,(H,25,28). The molecule has 0 saturated carbocycles. The van der Waals surface area contributed by atoms with Crippen LogP contribution in [-0.2, 0) is 0 Å². The second-order valence-electron chi connectivity index (χ2n) is 6.90. The molecule has 0 aliphatic carbocycles. The first-order valence-electron chi connectivity index (χ1n) is 9.69. The molecular formula is C23H24N4O2. The Labute approximate surface area is 170 Å². The fourth-order valence-corrected chi connectivity index (χ4v) is 3.47. The molecule has 1 saturated heterocycles. The van der Waals surface area contributed by atoms with Crippen LogP contribution in [0.3, 0.4) is 0 Å². The SMILES string of the molecule is COc1cccc(NC(=O)c2ccc(N3CCN(c4ccccc4)CC3)cn2)c1. The molecule has 29 heavy (non-hydrogen) atoms. The number of hydrogen-bond acceptors (Lipinski definition) is 5. The first kappa shape index (κ1) is 18.8. The third-order valence-corrected chi connectivity index (χ3v) is 5.07. The van der Waals surface area contributed by atoms with Crippen LogP contribution in [0.2, 0.25) is 0 Å². The zero-order chi connectivity index (χ0) is 20.1. The number of carbonyl (C=O) groups is 1. The molecule has 1 amide bonds. The monoisotopic (exact) mass is 388 g/mol. The fraction of sp³-hybridized carbons (Fsp3) is 0.217. The summed E-state index contributed by atoms with van der Waals surface area (Å²) in [5.41, 5.74) is 3.36. The predicted molar refractivity (Wildman–Crippen MR) is 116 cm³/mol. The summed E-state index contributed by atoms with van der Waals surface area (Å²) in [5, 5.41) is 2.85. The summed E-state index contributed by atoms with van der Waals surface area (Å²) in [4.78, 5) is 21.5.